The Bertz CT molecular complexity index is 426. The van der Waals surface area contributed by atoms with Gasteiger partial charge < -0.3 is 9.84 Å². The van der Waals surface area contributed by atoms with Gasteiger partial charge in [0.05, 0.1) is 23.3 Å². The summed E-state index contributed by atoms with van der Waals surface area (Å²) in [4.78, 5) is 10.6. The van der Waals surface area contributed by atoms with E-state index in [9.17, 15) is 4.79 Å². The molecule has 4 nitrogen and oxygen atoms in total. The fraction of sp³-hybridized carbons (Fsp3) is 0.273. The molecule has 0 saturated heterocycles. The van der Waals surface area contributed by atoms with E-state index in [2.05, 4.69) is 0 Å². The largest absolute Gasteiger partial charge is 0.492 e. The van der Waals surface area contributed by atoms with Gasteiger partial charge in [0.1, 0.15) is 5.75 Å². The van der Waals surface area contributed by atoms with Crippen molar-refractivity contribution in [2.75, 3.05) is 6.61 Å². The summed E-state index contributed by atoms with van der Waals surface area (Å²) in [6.07, 6.45) is 1.04. The quantitative estimate of drug-likeness (QED) is 0.802. The summed E-state index contributed by atoms with van der Waals surface area (Å²) < 4.78 is 5.30. The normalized spacial score (nSPS) is 9.50. The molecule has 16 heavy (non-hydrogen) atoms. The number of aromatic carboxylic acids is 1. The average molecular weight is 240 g/mol. The molecule has 0 saturated carbocycles. The molecule has 0 aliphatic carbocycles. The standard InChI is InChI=1S/C11H10ClNO3/c12-9-7-8(11(14)15)3-4-10(9)16-6-2-1-5-13/h3-4,7H,1-2,6H2,(H,14,15). The highest BCUT2D eigenvalue weighted by Gasteiger charge is 2.07. The van der Waals surface area contributed by atoms with Gasteiger partial charge in [0, 0.05) is 6.42 Å². The van der Waals surface area contributed by atoms with Gasteiger partial charge in [-0.1, -0.05) is 11.6 Å². The van der Waals surface area contributed by atoms with Crippen LogP contribution >= 0.6 is 11.6 Å². The van der Waals surface area contributed by atoms with Crippen molar-refractivity contribution in [3.63, 3.8) is 0 Å². The number of carboxylic acid groups (broad SMARTS) is 1. The number of halogens is 1. The van der Waals surface area contributed by atoms with Crippen LogP contribution < -0.4 is 4.74 Å². The molecule has 0 aliphatic heterocycles. The SMILES string of the molecule is N#CCCCOc1ccc(C(=O)O)cc1Cl. The summed E-state index contributed by atoms with van der Waals surface area (Å²) in [5, 5.41) is 17.3. The Kier molecular flexibility index (Phi) is 4.62. The van der Waals surface area contributed by atoms with Crippen molar-refractivity contribution < 1.29 is 14.6 Å². The van der Waals surface area contributed by atoms with Crippen molar-refractivity contribution in [2.45, 2.75) is 12.8 Å². The molecule has 0 amide bonds. The van der Waals surface area contributed by atoms with Gasteiger partial charge in [-0.15, -0.1) is 0 Å². The topological polar surface area (TPSA) is 70.3 Å². The van der Waals surface area contributed by atoms with E-state index in [1.54, 1.807) is 0 Å². The van der Waals surface area contributed by atoms with E-state index in [0.29, 0.717) is 25.2 Å². The van der Waals surface area contributed by atoms with Crippen molar-refractivity contribution >= 4 is 17.6 Å². The summed E-state index contributed by atoms with van der Waals surface area (Å²) >= 11 is 5.83. The van der Waals surface area contributed by atoms with E-state index in [-0.39, 0.29) is 10.6 Å². The Morgan fingerprint density at radius 3 is 2.88 bits per heavy atom. The van der Waals surface area contributed by atoms with Gasteiger partial charge in [0.25, 0.3) is 0 Å². The minimum atomic E-state index is -1.03. The predicted octanol–water partition coefficient (Wildman–Crippen LogP) is 2.72. The van der Waals surface area contributed by atoms with Crippen molar-refractivity contribution in [1.82, 2.24) is 0 Å². The summed E-state index contributed by atoms with van der Waals surface area (Å²) in [5.74, 6) is -0.595. The van der Waals surface area contributed by atoms with Gasteiger partial charge in [0.15, 0.2) is 0 Å². The van der Waals surface area contributed by atoms with Gasteiger partial charge in [-0.3, -0.25) is 0 Å². The maximum Gasteiger partial charge on any atom is 0.335 e. The molecule has 1 rings (SSSR count). The highest BCUT2D eigenvalue weighted by molar-refractivity contribution is 6.32. The number of benzene rings is 1. The monoisotopic (exact) mass is 239 g/mol. The maximum absolute atomic E-state index is 10.6. The Morgan fingerprint density at radius 1 is 1.56 bits per heavy atom. The van der Waals surface area contributed by atoms with E-state index in [0.717, 1.165) is 0 Å². The molecule has 0 spiro atoms. The molecule has 0 unspecified atom stereocenters. The first-order valence-electron chi connectivity index (χ1n) is 4.67. The third-order valence-corrected chi connectivity index (χ3v) is 2.16. The minimum Gasteiger partial charge on any atom is -0.492 e. The Labute approximate surface area is 98.0 Å². The van der Waals surface area contributed by atoms with Crippen molar-refractivity contribution in [2.24, 2.45) is 0 Å². The third-order valence-electron chi connectivity index (χ3n) is 1.87. The smallest absolute Gasteiger partial charge is 0.335 e. The van der Waals surface area contributed by atoms with E-state index in [1.165, 1.54) is 18.2 Å². The molecule has 0 aromatic heterocycles. The first-order chi connectivity index (χ1) is 7.65. The second-order valence-electron chi connectivity index (χ2n) is 3.06. The molecule has 84 valence electrons. The van der Waals surface area contributed by atoms with Crippen LogP contribution in [0.25, 0.3) is 0 Å². The molecule has 5 heteroatoms. The number of ether oxygens (including phenoxy) is 1. The maximum atomic E-state index is 10.6. The third kappa shape index (κ3) is 3.44. The summed E-state index contributed by atoms with van der Waals surface area (Å²) in [6, 6.07) is 6.28. The number of unbranched alkanes of at least 4 members (excludes halogenated alkanes) is 1. The molecule has 0 heterocycles. The zero-order valence-electron chi connectivity index (χ0n) is 8.44. The van der Waals surface area contributed by atoms with Crippen LogP contribution in [0.3, 0.4) is 0 Å². The van der Waals surface area contributed by atoms with Gasteiger partial charge in [-0.2, -0.15) is 5.26 Å². The van der Waals surface area contributed by atoms with E-state index >= 15 is 0 Å². The lowest BCUT2D eigenvalue weighted by Crippen LogP contribution is -2.00. The van der Waals surface area contributed by atoms with Gasteiger partial charge in [-0.05, 0) is 24.6 Å². The van der Waals surface area contributed by atoms with Crippen molar-refractivity contribution in [1.29, 1.82) is 5.26 Å². The Morgan fingerprint density at radius 2 is 2.31 bits per heavy atom. The average Bonchev–Trinajstić information content (AvgIpc) is 2.26. The Hall–Kier alpha value is -1.73. The number of rotatable bonds is 5. The van der Waals surface area contributed by atoms with Crippen molar-refractivity contribution in [3.05, 3.63) is 28.8 Å². The molecular weight excluding hydrogens is 230 g/mol. The van der Waals surface area contributed by atoms with Crippen LogP contribution in [0.1, 0.15) is 23.2 Å². The van der Waals surface area contributed by atoms with E-state index < -0.39 is 5.97 Å². The number of nitriles is 1. The molecule has 0 fully saturated rings. The first kappa shape index (κ1) is 12.3. The van der Waals surface area contributed by atoms with Crippen LogP contribution in [0.5, 0.6) is 5.75 Å². The number of hydrogen-bond acceptors (Lipinski definition) is 3. The fourth-order valence-corrected chi connectivity index (χ4v) is 1.32. The van der Waals surface area contributed by atoms with Gasteiger partial charge in [-0.25, -0.2) is 4.79 Å². The molecule has 0 aliphatic rings. The zero-order valence-corrected chi connectivity index (χ0v) is 9.20. The molecule has 0 radical (unpaired) electrons. The lowest BCUT2D eigenvalue weighted by Gasteiger charge is -2.07. The number of carboxylic acids is 1. The minimum absolute atomic E-state index is 0.120. The molecule has 1 aromatic rings. The van der Waals surface area contributed by atoms with Crippen molar-refractivity contribution in [3.8, 4) is 11.8 Å². The van der Waals surface area contributed by atoms with E-state index in [1.807, 2.05) is 6.07 Å². The zero-order chi connectivity index (χ0) is 12.0. The second-order valence-corrected chi connectivity index (χ2v) is 3.47. The highest BCUT2D eigenvalue weighted by atomic mass is 35.5. The second kappa shape index (κ2) is 5.99. The first-order valence-corrected chi connectivity index (χ1v) is 5.05. The number of nitrogens with zero attached hydrogens (tertiary/aromatic N) is 1. The lowest BCUT2D eigenvalue weighted by atomic mass is 10.2. The molecular formula is C11H10ClNO3. The Balaban J connectivity index is 2.62. The predicted molar refractivity (Wildman–Crippen MR) is 58.8 cm³/mol. The molecule has 1 aromatic carbocycles. The van der Waals surface area contributed by atoms with Crippen LogP contribution in [0.4, 0.5) is 0 Å². The van der Waals surface area contributed by atoms with Crippen LogP contribution in [0.15, 0.2) is 18.2 Å². The van der Waals surface area contributed by atoms with Crippen LogP contribution in [0, 0.1) is 11.3 Å². The van der Waals surface area contributed by atoms with Crippen LogP contribution in [0.2, 0.25) is 5.02 Å². The molecule has 0 atom stereocenters. The summed E-state index contributed by atoms with van der Waals surface area (Å²) in [6.45, 7) is 0.389. The molecule has 0 bridgehead atoms. The summed E-state index contributed by atoms with van der Waals surface area (Å²) in [7, 11) is 0. The fourth-order valence-electron chi connectivity index (χ4n) is 1.08. The van der Waals surface area contributed by atoms with Crippen LogP contribution in [-0.2, 0) is 0 Å². The number of carbonyl (C=O) groups is 1. The van der Waals surface area contributed by atoms with Gasteiger partial charge in [0.2, 0.25) is 0 Å². The number of hydrogen-bond donors (Lipinski definition) is 1. The van der Waals surface area contributed by atoms with E-state index in [4.69, 9.17) is 26.7 Å². The van der Waals surface area contributed by atoms with Crippen LogP contribution in [-0.4, -0.2) is 17.7 Å². The van der Waals surface area contributed by atoms with Gasteiger partial charge >= 0.3 is 5.97 Å². The lowest BCUT2D eigenvalue weighted by molar-refractivity contribution is 0.0697. The highest BCUT2D eigenvalue weighted by Crippen LogP contribution is 2.25. The molecule has 1 N–H and O–H groups in total. The summed E-state index contributed by atoms with van der Waals surface area (Å²) in [5.41, 5.74) is 0.120.